The summed E-state index contributed by atoms with van der Waals surface area (Å²) in [4.78, 5) is 11.7. The molecule has 0 aromatic carbocycles. The Bertz CT molecular complexity index is 396. The van der Waals surface area contributed by atoms with Gasteiger partial charge < -0.3 is 9.30 Å². The molecule has 0 N–H and O–H groups in total. The molecule has 0 radical (unpaired) electrons. The van der Waals surface area contributed by atoms with Crippen molar-refractivity contribution in [2.75, 3.05) is 6.61 Å². The number of hydrogen-bond acceptors (Lipinski definition) is 2. The highest BCUT2D eigenvalue weighted by molar-refractivity contribution is 14.1. The first kappa shape index (κ1) is 12.1. The fourth-order valence-corrected chi connectivity index (χ4v) is 2.56. The second-order valence-electron chi connectivity index (χ2n) is 4.13. The van der Waals surface area contributed by atoms with Crippen molar-refractivity contribution < 1.29 is 4.74 Å². The van der Waals surface area contributed by atoms with E-state index < -0.39 is 0 Å². The van der Waals surface area contributed by atoms with Crippen LogP contribution in [-0.2, 0) is 11.3 Å². The smallest absolute Gasteiger partial charge is 0.263 e. The molecule has 1 fully saturated rings. The van der Waals surface area contributed by atoms with E-state index in [4.69, 9.17) is 4.74 Å². The highest BCUT2D eigenvalue weighted by Gasteiger charge is 2.14. The van der Waals surface area contributed by atoms with Crippen LogP contribution in [0.5, 0.6) is 0 Å². The highest BCUT2D eigenvalue weighted by Crippen LogP contribution is 2.16. The van der Waals surface area contributed by atoms with Gasteiger partial charge in [-0.3, -0.25) is 4.79 Å². The lowest BCUT2D eigenvalue weighted by Gasteiger charge is -2.10. The minimum atomic E-state index is 0.121. The summed E-state index contributed by atoms with van der Waals surface area (Å²) in [6.07, 6.45) is 6.75. The van der Waals surface area contributed by atoms with Crippen molar-refractivity contribution in [2.24, 2.45) is 0 Å². The van der Waals surface area contributed by atoms with Gasteiger partial charge in [0.05, 0.1) is 9.67 Å². The second kappa shape index (κ2) is 5.82. The van der Waals surface area contributed by atoms with E-state index in [-0.39, 0.29) is 5.56 Å². The van der Waals surface area contributed by atoms with Gasteiger partial charge in [-0.15, -0.1) is 0 Å². The van der Waals surface area contributed by atoms with Gasteiger partial charge in [-0.2, -0.15) is 0 Å². The van der Waals surface area contributed by atoms with E-state index in [1.807, 2.05) is 18.3 Å². The van der Waals surface area contributed by atoms with Gasteiger partial charge in [0.25, 0.3) is 5.56 Å². The summed E-state index contributed by atoms with van der Waals surface area (Å²) in [5.41, 5.74) is 0.121. The van der Waals surface area contributed by atoms with Crippen LogP contribution in [0.25, 0.3) is 0 Å². The van der Waals surface area contributed by atoms with Crippen LogP contribution >= 0.6 is 22.6 Å². The second-order valence-corrected chi connectivity index (χ2v) is 5.29. The Kier molecular flexibility index (Phi) is 4.40. The molecule has 16 heavy (non-hydrogen) atoms. The number of ether oxygens (including phenoxy) is 1. The van der Waals surface area contributed by atoms with Crippen molar-refractivity contribution in [1.29, 1.82) is 0 Å². The molecule has 1 aliphatic rings. The van der Waals surface area contributed by atoms with E-state index >= 15 is 0 Å². The first-order chi connectivity index (χ1) is 7.77. The first-order valence-corrected chi connectivity index (χ1v) is 6.82. The van der Waals surface area contributed by atoms with Gasteiger partial charge in [0.2, 0.25) is 0 Å². The molecule has 0 aliphatic carbocycles. The lowest BCUT2D eigenvalue weighted by molar-refractivity contribution is 0.101. The van der Waals surface area contributed by atoms with Crippen LogP contribution in [-0.4, -0.2) is 17.3 Å². The number of aromatic nitrogens is 1. The van der Waals surface area contributed by atoms with E-state index in [9.17, 15) is 4.79 Å². The zero-order chi connectivity index (χ0) is 11.4. The van der Waals surface area contributed by atoms with E-state index in [0.29, 0.717) is 6.10 Å². The molecular formula is C12H16INO2. The fraction of sp³-hybridized carbons (Fsp3) is 0.583. The summed E-state index contributed by atoms with van der Waals surface area (Å²) in [6.45, 7) is 1.71. The number of rotatable bonds is 4. The molecule has 3 nitrogen and oxygen atoms in total. The molecule has 0 saturated carbocycles. The quantitative estimate of drug-likeness (QED) is 0.793. The Morgan fingerprint density at radius 3 is 3.19 bits per heavy atom. The summed E-state index contributed by atoms with van der Waals surface area (Å²) < 4.78 is 8.13. The Hall–Kier alpha value is -0.360. The van der Waals surface area contributed by atoms with E-state index in [0.717, 1.165) is 29.6 Å². The largest absolute Gasteiger partial charge is 0.378 e. The van der Waals surface area contributed by atoms with Crippen LogP contribution in [0.4, 0.5) is 0 Å². The molecule has 1 aliphatic heterocycles. The average Bonchev–Trinajstić information content (AvgIpc) is 2.77. The Morgan fingerprint density at radius 1 is 1.56 bits per heavy atom. The van der Waals surface area contributed by atoms with Gasteiger partial charge in [-0.1, -0.05) is 0 Å². The van der Waals surface area contributed by atoms with Crippen molar-refractivity contribution >= 4 is 22.6 Å². The number of pyridine rings is 1. The molecule has 0 bridgehead atoms. The summed E-state index contributed by atoms with van der Waals surface area (Å²) in [5.74, 6) is 0. The Labute approximate surface area is 109 Å². The van der Waals surface area contributed by atoms with Crippen LogP contribution in [0, 0.1) is 3.57 Å². The molecule has 1 aromatic rings. The van der Waals surface area contributed by atoms with E-state index in [2.05, 4.69) is 22.6 Å². The molecule has 1 unspecified atom stereocenters. The average molecular weight is 333 g/mol. The van der Waals surface area contributed by atoms with Crippen LogP contribution in [0.15, 0.2) is 23.1 Å². The van der Waals surface area contributed by atoms with Gasteiger partial charge >= 0.3 is 0 Å². The van der Waals surface area contributed by atoms with Crippen LogP contribution in [0.3, 0.4) is 0 Å². The summed E-state index contributed by atoms with van der Waals surface area (Å²) in [7, 11) is 0. The third kappa shape index (κ3) is 3.07. The summed E-state index contributed by atoms with van der Waals surface area (Å²) >= 11 is 2.08. The number of hydrogen-bond donors (Lipinski definition) is 0. The summed E-state index contributed by atoms with van der Waals surface area (Å²) in [5, 5.41) is 0. The maximum absolute atomic E-state index is 11.7. The van der Waals surface area contributed by atoms with Gasteiger partial charge in [0.1, 0.15) is 0 Å². The third-order valence-electron chi connectivity index (χ3n) is 2.92. The number of aryl methyl sites for hydroxylation is 1. The maximum atomic E-state index is 11.7. The molecule has 88 valence electrons. The molecule has 1 atom stereocenters. The number of halogens is 1. The molecule has 1 aromatic heterocycles. The fourth-order valence-electron chi connectivity index (χ4n) is 2.04. The Morgan fingerprint density at radius 2 is 2.44 bits per heavy atom. The van der Waals surface area contributed by atoms with Gasteiger partial charge in [-0.25, -0.2) is 0 Å². The van der Waals surface area contributed by atoms with Gasteiger partial charge in [0, 0.05) is 19.3 Å². The molecule has 4 heteroatoms. The minimum absolute atomic E-state index is 0.121. The van der Waals surface area contributed by atoms with Crippen molar-refractivity contribution in [2.45, 2.75) is 38.3 Å². The standard InChI is InChI=1S/C12H16INO2/c13-11-6-2-8-14(12(11)15)7-1-4-10-5-3-9-16-10/h2,6,8,10H,1,3-5,7,9H2. The van der Waals surface area contributed by atoms with E-state index in [1.54, 1.807) is 4.57 Å². The molecule has 0 spiro atoms. The van der Waals surface area contributed by atoms with Crippen LogP contribution in [0.1, 0.15) is 25.7 Å². The van der Waals surface area contributed by atoms with Gasteiger partial charge in [0.15, 0.2) is 0 Å². The Balaban J connectivity index is 1.85. The van der Waals surface area contributed by atoms with Crippen molar-refractivity contribution in [3.63, 3.8) is 0 Å². The van der Waals surface area contributed by atoms with Crippen LogP contribution in [0.2, 0.25) is 0 Å². The normalized spacial score (nSPS) is 20.2. The van der Waals surface area contributed by atoms with Gasteiger partial charge in [-0.05, 0) is 60.4 Å². The highest BCUT2D eigenvalue weighted by atomic mass is 127. The maximum Gasteiger partial charge on any atom is 0.263 e. The molecule has 2 heterocycles. The minimum Gasteiger partial charge on any atom is -0.378 e. The predicted octanol–water partition coefficient (Wildman–Crippen LogP) is 2.41. The van der Waals surface area contributed by atoms with Crippen LogP contribution < -0.4 is 5.56 Å². The van der Waals surface area contributed by atoms with E-state index in [1.165, 1.54) is 12.8 Å². The zero-order valence-electron chi connectivity index (χ0n) is 9.19. The third-order valence-corrected chi connectivity index (χ3v) is 3.74. The predicted molar refractivity (Wildman–Crippen MR) is 71.6 cm³/mol. The SMILES string of the molecule is O=c1c(I)cccn1CCCC1CCCO1. The van der Waals surface area contributed by atoms with Crippen molar-refractivity contribution in [1.82, 2.24) is 4.57 Å². The zero-order valence-corrected chi connectivity index (χ0v) is 11.4. The summed E-state index contributed by atoms with van der Waals surface area (Å²) in [6, 6.07) is 3.77. The molecule has 0 amide bonds. The first-order valence-electron chi connectivity index (χ1n) is 5.74. The van der Waals surface area contributed by atoms with Crippen molar-refractivity contribution in [3.05, 3.63) is 32.3 Å². The number of nitrogens with zero attached hydrogens (tertiary/aromatic N) is 1. The lowest BCUT2D eigenvalue weighted by Crippen LogP contribution is -2.22. The molecular weight excluding hydrogens is 317 g/mol. The topological polar surface area (TPSA) is 31.2 Å². The lowest BCUT2D eigenvalue weighted by atomic mass is 10.1. The monoisotopic (exact) mass is 333 g/mol. The molecule has 1 saturated heterocycles. The van der Waals surface area contributed by atoms with Crippen molar-refractivity contribution in [3.8, 4) is 0 Å². The molecule has 2 rings (SSSR count).